The predicted octanol–water partition coefficient (Wildman–Crippen LogP) is 3.22. The van der Waals surface area contributed by atoms with E-state index in [2.05, 4.69) is 25.0 Å². The smallest absolute Gasteiger partial charge is 0.350 e. The van der Waals surface area contributed by atoms with Crippen LogP contribution in [0.25, 0.3) is 5.69 Å². The molecule has 2 aromatic heterocycles. The zero-order chi connectivity index (χ0) is 33.8. The van der Waals surface area contributed by atoms with Crippen molar-refractivity contribution in [2.75, 3.05) is 62.9 Å². The topological polar surface area (TPSA) is 114 Å². The maximum Gasteiger partial charge on any atom is 0.350 e. The summed E-state index contributed by atoms with van der Waals surface area (Å²) in [7, 11) is 1.59. The Morgan fingerprint density at radius 2 is 1.59 bits per heavy atom. The van der Waals surface area contributed by atoms with Crippen LogP contribution in [0.3, 0.4) is 0 Å². The number of ether oxygens (including phenoxy) is 4. The van der Waals surface area contributed by atoms with Crippen LogP contribution in [-0.2, 0) is 33.1 Å². The van der Waals surface area contributed by atoms with E-state index < -0.39 is 23.5 Å². The molecule has 49 heavy (non-hydrogen) atoms. The van der Waals surface area contributed by atoms with Gasteiger partial charge in [0.15, 0.2) is 0 Å². The number of anilines is 2. The molecule has 2 saturated heterocycles. The van der Waals surface area contributed by atoms with Crippen molar-refractivity contribution in [3.63, 3.8) is 0 Å². The van der Waals surface area contributed by atoms with Gasteiger partial charge in [-0.2, -0.15) is 10.2 Å². The van der Waals surface area contributed by atoms with E-state index in [9.17, 15) is 13.6 Å². The van der Waals surface area contributed by atoms with Crippen molar-refractivity contribution in [3.05, 3.63) is 113 Å². The first kappa shape index (κ1) is 32.4. The molecule has 2 aliphatic rings. The van der Waals surface area contributed by atoms with Crippen molar-refractivity contribution < 1.29 is 27.7 Å². The van der Waals surface area contributed by atoms with Crippen LogP contribution >= 0.6 is 0 Å². The van der Waals surface area contributed by atoms with E-state index in [-0.39, 0.29) is 31.0 Å². The van der Waals surface area contributed by atoms with E-state index in [1.165, 1.54) is 45.0 Å². The molecule has 0 spiro atoms. The standard InChI is InChI=1S/C34H36F2N8O5/c1-46-17-16-44-33(45)43(24-39-44)28-5-3-26(4-6-28)40-12-14-41(15-13-40)27-7-9-29(10-8-27)47-19-30-20-48-34(49-30,21-42-23-37-22-38-42)31-11-2-25(35)18-32(31)36/h2-11,18,22-24,30H,12-17,19-21H2,1H3/t30-,34-/m1/s1. The molecule has 7 rings (SSSR count). The van der Waals surface area contributed by atoms with E-state index in [0.717, 1.165) is 49.3 Å². The van der Waals surface area contributed by atoms with Crippen molar-refractivity contribution in [2.45, 2.75) is 25.0 Å². The van der Waals surface area contributed by atoms with Gasteiger partial charge in [-0.25, -0.2) is 32.5 Å². The van der Waals surface area contributed by atoms with Crippen molar-refractivity contribution >= 4 is 11.4 Å². The highest BCUT2D eigenvalue weighted by Crippen LogP contribution is 2.38. The van der Waals surface area contributed by atoms with Gasteiger partial charge >= 0.3 is 5.69 Å². The summed E-state index contributed by atoms with van der Waals surface area (Å²) >= 11 is 0. The Morgan fingerprint density at radius 3 is 2.24 bits per heavy atom. The number of methoxy groups -OCH3 is 1. The molecular formula is C34H36F2N8O5. The highest BCUT2D eigenvalue weighted by Gasteiger charge is 2.46. The zero-order valence-corrected chi connectivity index (χ0v) is 26.9. The minimum atomic E-state index is -1.51. The van der Waals surface area contributed by atoms with Gasteiger partial charge in [0.05, 0.1) is 25.4 Å². The molecule has 0 amide bonds. The summed E-state index contributed by atoms with van der Waals surface area (Å²) in [5.74, 6) is -2.31. The van der Waals surface area contributed by atoms with Gasteiger partial charge in [0.2, 0.25) is 5.79 Å². The number of halogens is 2. The number of hydrogen-bond donors (Lipinski definition) is 0. The fraction of sp³-hybridized carbons (Fsp3) is 0.353. The van der Waals surface area contributed by atoms with Gasteiger partial charge in [-0.05, 0) is 60.7 Å². The van der Waals surface area contributed by atoms with Gasteiger partial charge in [0.1, 0.15) is 55.6 Å². The van der Waals surface area contributed by atoms with Crippen LogP contribution in [0.5, 0.6) is 5.75 Å². The lowest BCUT2D eigenvalue weighted by atomic mass is 10.0. The maximum absolute atomic E-state index is 14.9. The number of rotatable bonds is 12. The minimum Gasteiger partial charge on any atom is -0.491 e. The summed E-state index contributed by atoms with van der Waals surface area (Å²) in [6.45, 7) is 4.54. The van der Waals surface area contributed by atoms with E-state index in [1.807, 2.05) is 48.5 Å². The van der Waals surface area contributed by atoms with E-state index in [0.29, 0.717) is 18.9 Å². The van der Waals surface area contributed by atoms with Crippen LogP contribution in [-0.4, -0.2) is 88.3 Å². The summed E-state index contributed by atoms with van der Waals surface area (Å²) in [5.41, 5.74) is 2.82. The molecule has 4 heterocycles. The number of benzene rings is 3. The van der Waals surface area contributed by atoms with Gasteiger partial charge in [-0.1, -0.05) is 0 Å². The molecular weight excluding hydrogens is 638 g/mol. The Kier molecular flexibility index (Phi) is 9.37. The van der Waals surface area contributed by atoms with Crippen molar-refractivity contribution in [1.29, 1.82) is 0 Å². The zero-order valence-electron chi connectivity index (χ0n) is 26.9. The third-order valence-corrected chi connectivity index (χ3v) is 8.69. The molecule has 0 radical (unpaired) electrons. The molecule has 15 heteroatoms. The Morgan fingerprint density at radius 1 is 0.898 bits per heavy atom. The normalized spacial score (nSPS) is 19.4. The second-order valence-electron chi connectivity index (χ2n) is 11.8. The first-order valence-electron chi connectivity index (χ1n) is 16.0. The summed E-state index contributed by atoms with van der Waals surface area (Å²) in [6, 6.07) is 19.1. The first-order valence-corrected chi connectivity index (χ1v) is 16.0. The quantitative estimate of drug-likeness (QED) is 0.196. The molecule has 2 fully saturated rings. The van der Waals surface area contributed by atoms with Gasteiger partial charge in [0.25, 0.3) is 0 Å². The molecule has 2 aliphatic heterocycles. The molecule has 2 atom stereocenters. The Hall–Kier alpha value is -5.12. The molecule has 0 N–H and O–H groups in total. The lowest BCUT2D eigenvalue weighted by Crippen LogP contribution is -2.46. The Labute approximate surface area is 280 Å². The average Bonchev–Trinajstić information content (AvgIpc) is 3.88. The van der Waals surface area contributed by atoms with Crippen molar-refractivity contribution in [1.82, 2.24) is 29.1 Å². The van der Waals surface area contributed by atoms with Crippen LogP contribution < -0.4 is 20.2 Å². The van der Waals surface area contributed by atoms with Crippen molar-refractivity contribution in [2.24, 2.45) is 0 Å². The first-order chi connectivity index (χ1) is 23.9. The number of piperazine rings is 1. The van der Waals surface area contributed by atoms with Gasteiger partial charge in [0, 0.05) is 56.3 Å². The molecule has 0 aliphatic carbocycles. The second kappa shape index (κ2) is 14.2. The molecule has 0 unspecified atom stereocenters. The predicted molar refractivity (Wildman–Crippen MR) is 175 cm³/mol. The molecule has 0 bridgehead atoms. The molecule has 0 saturated carbocycles. The van der Waals surface area contributed by atoms with E-state index in [4.69, 9.17) is 18.9 Å². The number of aromatic nitrogens is 6. The van der Waals surface area contributed by atoms with Crippen LogP contribution in [0.4, 0.5) is 20.2 Å². The highest BCUT2D eigenvalue weighted by atomic mass is 19.1. The lowest BCUT2D eigenvalue weighted by molar-refractivity contribution is -0.192. The molecule has 3 aromatic carbocycles. The Bertz CT molecular complexity index is 1890. The highest BCUT2D eigenvalue weighted by molar-refractivity contribution is 5.54. The van der Waals surface area contributed by atoms with Gasteiger partial charge in [-0.15, -0.1) is 0 Å². The van der Waals surface area contributed by atoms with Crippen LogP contribution in [0, 0.1) is 11.6 Å². The van der Waals surface area contributed by atoms with E-state index in [1.54, 1.807) is 7.11 Å². The van der Waals surface area contributed by atoms with Gasteiger partial charge < -0.3 is 28.7 Å². The van der Waals surface area contributed by atoms with Crippen LogP contribution in [0.15, 0.2) is 90.5 Å². The van der Waals surface area contributed by atoms with Gasteiger partial charge in [-0.3, -0.25) is 0 Å². The largest absolute Gasteiger partial charge is 0.491 e. The molecule has 13 nitrogen and oxygen atoms in total. The summed E-state index contributed by atoms with van der Waals surface area (Å²) in [6.07, 6.45) is 3.87. The van der Waals surface area contributed by atoms with Crippen LogP contribution in [0.2, 0.25) is 0 Å². The Balaban J connectivity index is 0.919. The third-order valence-electron chi connectivity index (χ3n) is 8.69. The molecule has 256 valence electrons. The minimum absolute atomic E-state index is 0.0306. The second-order valence-corrected chi connectivity index (χ2v) is 11.8. The van der Waals surface area contributed by atoms with Crippen molar-refractivity contribution in [3.8, 4) is 11.4 Å². The SMILES string of the molecule is COCCn1ncn(-c2ccc(N3CCN(c4ccc(OC[C@@H]5CO[C@@](Cn6cncn6)(c6ccc(F)cc6F)O5)cc4)CC3)cc2)c1=O. The maximum atomic E-state index is 14.9. The fourth-order valence-electron chi connectivity index (χ4n) is 6.12. The third kappa shape index (κ3) is 7.04. The van der Waals surface area contributed by atoms with Crippen LogP contribution in [0.1, 0.15) is 5.56 Å². The summed E-state index contributed by atoms with van der Waals surface area (Å²) in [5, 5.41) is 8.27. The monoisotopic (exact) mass is 674 g/mol. The summed E-state index contributed by atoms with van der Waals surface area (Å²) < 4.78 is 56.3. The summed E-state index contributed by atoms with van der Waals surface area (Å²) in [4.78, 5) is 21.2. The average molecular weight is 675 g/mol. The van der Waals surface area contributed by atoms with E-state index >= 15 is 0 Å². The lowest BCUT2D eigenvalue weighted by Gasteiger charge is -2.37. The number of nitrogens with zero attached hydrogens (tertiary/aromatic N) is 8. The molecule has 5 aromatic rings. The fourth-order valence-corrected chi connectivity index (χ4v) is 6.12. The number of hydrogen-bond acceptors (Lipinski definition) is 10.